The fourth-order valence-electron chi connectivity index (χ4n) is 2.49. The van der Waals surface area contributed by atoms with E-state index >= 15 is 0 Å². The quantitative estimate of drug-likeness (QED) is 0.519. The highest BCUT2D eigenvalue weighted by Crippen LogP contribution is 2.20. The van der Waals surface area contributed by atoms with Crippen LogP contribution in [0.25, 0.3) is 0 Å². The number of hydrogen-bond donors (Lipinski definition) is 1. The van der Waals surface area contributed by atoms with Gasteiger partial charge in [-0.3, -0.25) is 19.7 Å². The number of nitrogens with one attached hydrogen (secondary N) is 1. The van der Waals surface area contributed by atoms with Crippen molar-refractivity contribution >= 4 is 28.9 Å². The number of aromatic nitrogens is 1. The van der Waals surface area contributed by atoms with Crippen LogP contribution >= 0.6 is 11.6 Å². The monoisotopic (exact) mass is 401 g/mol. The zero-order valence-corrected chi connectivity index (χ0v) is 15.0. The minimum atomic E-state index is -0.601. The predicted octanol–water partition coefficient (Wildman–Crippen LogP) is 3.85. The molecular weight excluding hydrogens is 389 g/mol. The molecule has 0 saturated carbocycles. The van der Waals surface area contributed by atoms with Crippen LogP contribution in [0.2, 0.25) is 5.02 Å². The van der Waals surface area contributed by atoms with E-state index in [-0.39, 0.29) is 28.4 Å². The van der Waals surface area contributed by atoms with E-state index in [1.807, 2.05) is 0 Å². The first-order valence-electron chi connectivity index (χ1n) is 8.04. The van der Waals surface area contributed by atoms with Crippen molar-refractivity contribution in [2.45, 2.75) is 6.54 Å². The van der Waals surface area contributed by atoms with Gasteiger partial charge in [0, 0.05) is 30.1 Å². The van der Waals surface area contributed by atoms with Crippen LogP contribution in [0.5, 0.6) is 0 Å². The first kappa shape index (κ1) is 19.2. The summed E-state index contributed by atoms with van der Waals surface area (Å²) in [5, 5.41) is 13.2. The van der Waals surface area contributed by atoms with Crippen LogP contribution in [0.15, 0.2) is 65.6 Å². The molecule has 28 heavy (non-hydrogen) atoms. The van der Waals surface area contributed by atoms with Crippen molar-refractivity contribution in [2.75, 3.05) is 5.32 Å². The van der Waals surface area contributed by atoms with E-state index in [0.29, 0.717) is 11.3 Å². The number of carbonyl (C=O) groups excluding carboxylic acids is 1. The molecule has 0 aliphatic rings. The highest BCUT2D eigenvalue weighted by Gasteiger charge is 2.11. The van der Waals surface area contributed by atoms with Gasteiger partial charge < -0.3 is 9.88 Å². The van der Waals surface area contributed by atoms with E-state index in [9.17, 15) is 24.1 Å². The molecule has 0 radical (unpaired) electrons. The molecule has 1 amide bonds. The summed E-state index contributed by atoms with van der Waals surface area (Å²) in [7, 11) is 0. The van der Waals surface area contributed by atoms with Gasteiger partial charge >= 0.3 is 0 Å². The van der Waals surface area contributed by atoms with E-state index in [4.69, 9.17) is 11.6 Å². The van der Waals surface area contributed by atoms with Crippen molar-refractivity contribution in [3.8, 4) is 0 Å². The second-order valence-corrected chi connectivity index (χ2v) is 6.30. The number of rotatable bonds is 5. The number of pyridine rings is 1. The van der Waals surface area contributed by atoms with E-state index < -0.39 is 16.6 Å². The maximum Gasteiger partial charge on any atom is 0.269 e. The number of hydrogen-bond acceptors (Lipinski definition) is 4. The molecule has 0 bridgehead atoms. The van der Waals surface area contributed by atoms with Crippen LogP contribution in [0.4, 0.5) is 15.8 Å². The third-order valence-corrected chi connectivity index (χ3v) is 4.21. The third-order valence-electron chi connectivity index (χ3n) is 3.92. The van der Waals surface area contributed by atoms with E-state index in [2.05, 4.69) is 5.32 Å². The van der Waals surface area contributed by atoms with Crippen LogP contribution < -0.4 is 10.9 Å². The molecule has 0 spiro atoms. The molecule has 0 aliphatic heterocycles. The van der Waals surface area contributed by atoms with Gasteiger partial charge in [0.2, 0.25) is 0 Å². The number of nitro benzene ring substituents is 1. The summed E-state index contributed by atoms with van der Waals surface area (Å²) in [6.07, 6.45) is 1.38. The summed E-state index contributed by atoms with van der Waals surface area (Å²) in [5.74, 6) is -1.10. The van der Waals surface area contributed by atoms with Crippen molar-refractivity contribution in [1.82, 2.24) is 4.57 Å². The molecule has 3 rings (SSSR count). The number of non-ortho nitro benzene ring substituents is 1. The summed E-state index contributed by atoms with van der Waals surface area (Å²) >= 11 is 5.70. The van der Waals surface area contributed by atoms with Gasteiger partial charge in [0.25, 0.3) is 17.2 Å². The van der Waals surface area contributed by atoms with Gasteiger partial charge in [0.1, 0.15) is 5.82 Å². The SMILES string of the molecule is O=C(Nc1ccc(F)c(Cl)c1)c1ccc(=O)n(Cc2ccc([N+](=O)[O-])cc2)c1. The van der Waals surface area contributed by atoms with Crippen molar-refractivity contribution in [3.63, 3.8) is 0 Å². The summed E-state index contributed by atoms with van der Waals surface area (Å²) in [4.78, 5) is 34.7. The van der Waals surface area contributed by atoms with Crippen LogP contribution in [-0.4, -0.2) is 15.4 Å². The Morgan fingerprint density at radius 1 is 1.14 bits per heavy atom. The van der Waals surface area contributed by atoms with Crippen molar-refractivity contribution in [2.24, 2.45) is 0 Å². The van der Waals surface area contributed by atoms with Crippen molar-refractivity contribution in [1.29, 1.82) is 0 Å². The Morgan fingerprint density at radius 3 is 2.50 bits per heavy atom. The number of halogens is 2. The lowest BCUT2D eigenvalue weighted by Crippen LogP contribution is -2.22. The minimum absolute atomic E-state index is 0.0535. The molecule has 0 saturated heterocycles. The molecule has 3 aromatic rings. The van der Waals surface area contributed by atoms with Crippen LogP contribution in [-0.2, 0) is 6.54 Å². The fraction of sp³-hybridized carbons (Fsp3) is 0.0526. The van der Waals surface area contributed by atoms with Crippen LogP contribution in [0.3, 0.4) is 0 Å². The summed E-state index contributed by atoms with van der Waals surface area (Å²) in [5.41, 5.74) is 0.795. The third kappa shape index (κ3) is 4.41. The Hall–Kier alpha value is -3.52. The number of nitrogens with zero attached hydrogens (tertiary/aromatic N) is 2. The molecule has 0 atom stereocenters. The molecular formula is C19H13ClFN3O4. The molecule has 1 aromatic heterocycles. The average molecular weight is 402 g/mol. The lowest BCUT2D eigenvalue weighted by atomic mass is 10.2. The van der Waals surface area contributed by atoms with Gasteiger partial charge in [-0.1, -0.05) is 23.7 Å². The first-order valence-corrected chi connectivity index (χ1v) is 8.41. The second kappa shape index (κ2) is 8.01. The molecule has 0 aliphatic carbocycles. The van der Waals surface area contributed by atoms with E-state index in [0.717, 1.165) is 6.07 Å². The van der Waals surface area contributed by atoms with Gasteiger partial charge in [0.05, 0.1) is 22.1 Å². The number of benzene rings is 2. The Bertz CT molecular complexity index is 1110. The smallest absolute Gasteiger partial charge is 0.269 e. The van der Waals surface area contributed by atoms with Crippen molar-refractivity contribution in [3.05, 3.63) is 103 Å². The maximum absolute atomic E-state index is 13.2. The largest absolute Gasteiger partial charge is 0.322 e. The lowest BCUT2D eigenvalue weighted by molar-refractivity contribution is -0.384. The zero-order valence-electron chi connectivity index (χ0n) is 14.3. The van der Waals surface area contributed by atoms with Crippen LogP contribution in [0, 0.1) is 15.9 Å². The maximum atomic E-state index is 13.2. The Balaban J connectivity index is 1.80. The van der Waals surface area contributed by atoms with Gasteiger partial charge in [-0.25, -0.2) is 4.39 Å². The summed E-state index contributed by atoms with van der Waals surface area (Å²) < 4.78 is 14.5. The topological polar surface area (TPSA) is 94.2 Å². The van der Waals surface area contributed by atoms with Gasteiger partial charge in [-0.2, -0.15) is 0 Å². The fourth-order valence-corrected chi connectivity index (χ4v) is 2.67. The highest BCUT2D eigenvalue weighted by molar-refractivity contribution is 6.31. The molecule has 1 N–H and O–H groups in total. The molecule has 9 heteroatoms. The van der Waals surface area contributed by atoms with Crippen LogP contribution in [0.1, 0.15) is 15.9 Å². The minimum Gasteiger partial charge on any atom is -0.322 e. The van der Waals surface area contributed by atoms with Gasteiger partial charge in [-0.15, -0.1) is 0 Å². The normalized spacial score (nSPS) is 10.5. The molecule has 7 nitrogen and oxygen atoms in total. The Kier molecular flexibility index (Phi) is 5.51. The molecule has 1 heterocycles. The predicted molar refractivity (Wildman–Crippen MR) is 102 cm³/mol. The van der Waals surface area contributed by atoms with Crippen molar-refractivity contribution < 1.29 is 14.1 Å². The Morgan fingerprint density at radius 2 is 1.86 bits per heavy atom. The number of nitro groups is 1. The molecule has 0 fully saturated rings. The lowest BCUT2D eigenvalue weighted by Gasteiger charge is -2.10. The second-order valence-electron chi connectivity index (χ2n) is 5.89. The summed E-state index contributed by atoms with van der Waals surface area (Å²) in [6, 6.07) is 12.2. The molecule has 142 valence electrons. The number of carbonyl (C=O) groups is 1. The zero-order chi connectivity index (χ0) is 20.3. The summed E-state index contributed by atoms with van der Waals surface area (Å²) in [6.45, 7) is 0.139. The standard InChI is InChI=1S/C19H13ClFN3O4/c20-16-9-14(4-7-17(16)21)22-19(26)13-3-8-18(25)23(11-13)10-12-1-5-15(6-2-12)24(27)28/h1-9,11H,10H2,(H,22,26). The van der Waals surface area contributed by atoms with Gasteiger partial charge in [0.15, 0.2) is 0 Å². The number of amides is 1. The van der Waals surface area contributed by atoms with Gasteiger partial charge in [-0.05, 0) is 29.8 Å². The van der Waals surface area contributed by atoms with E-state index in [1.165, 1.54) is 59.3 Å². The first-order chi connectivity index (χ1) is 13.3. The number of anilines is 1. The molecule has 2 aromatic carbocycles. The average Bonchev–Trinajstić information content (AvgIpc) is 2.67. The Labute approximate surface area is 163 Å². The highest BCUT2D eigenvalue weighted by atomic mass is 35.5. The molecule has 0 unspecified atom stereocenters. The van der Waals surface area contributed by atoms with E-state index in [1.54, 1.807) is 0 Å².